The van der Waals surface area contributed by atoms with Gasteiger partial charge in [-0.15, -0.1) is 0 Å². The second-order valence-electron chi connectivity index (χ2n) is 6.96. The predicted molar refractivity (Wildman–Crippen MR) is 117 cm³/mol. The number of hydrogen-bond acceptors (Lipinski definition) is 3. The first-order valence-electron chi connectivity index (χ1n) is 9.07. The minimum absolute atomic E-state index is 0.101. The predicted octanol–water partition coefficient (Wildman–Crippen LogP) is 6.87. The number of nitrogens with one attached hydrogen (secondary N) is 2. The van der Waals surface area contributed by atoms with Crippen LogP contribution < -0.4 is 10.6 Å². The van der Waals surface area contributed by atoms with Crippen LogP contribution in [0.25, 0.3) is 0 Å². The number of anilines is 2. The number of fused-ring (bicyclic) bond motifs is 1. The summed E-state index contributed by atoms with van der Waals surface area (Å²) < 4.78 is 43.0. The van der Waals surface area contributed by atoms with Gasteiger partial charge in [0.25, 0.3) is 5.91 Å². The van der Waals surface area contributed by atoms with Crippen LogP contribution >= 0.6 is 39.1 Å². The summed E-state index contributed by atoms with van der Waals surface area (Å²) in [5.41, 5.74) is 0.754. The standard InChI is InChI=1S/C20H14BrCl2F3N4O/c21-11-6-4-10(5-7-11)14-8-16(20(24,25)26)30-17(27-14)9-15(29-30)19(31)28-13-3-1-2-12(22)18(13)23/h1-7,9,14,16,27H,8H2,(H,28,31). The van der Waals surface area contributed by atoms with Crippen molar-refractivity contribution in [2.24, 2.45) is 0 Å². The van der Waals surface area contributed by atoms with Crippen molar-refractivity contribution in [2.45, 2.75) is 24.7 Å². The highest BCUT2D eigenvalue weighted by Gasteiger charge is 2.46. The lowest BCUT2D eigenvalue weighted by molar-refractivity contribution is -0.173. The SMILES string of the molecule is O=C(Nc1cccc(Cl)c1Cl)c1cc2n(n1)C(C(F)(F)F)CC(c1ccc(Br)cc1)N2. The van der Waals surface area contributed by atoms with Crippen LogP contribution in [0, 0.1) is 0 Å². The highest BCUT2D eigenvalue weighted by Crippen LogP contribution is 2.43. The summed E-state index contributed by atoms with van der Waals surface area (Å²) in [7, 11) is 0. The number of amides is 1. The molecule has 2 aromatic carbocycles. The number of carbonyl (C=O) groups is 1. The number of rotatable bonds is 3. The Hall–Kier alpha value is -2.23. The van der Waals surface area contributed by atoms with E-state index in [1.807, 2.05) is 0 Å². The van der Waals surface area contributed by atoms with E-state index in [4.69, 9.17) is 23.2 Å². The molecule has 0 bridgehead atoms. The monoisotopic (exact) mass is 532 g/mol. The molecule has 162 valence electrons. The normalized spacial score (nSPS) is 18.3. The first-order valence-corrected chi connectivity index (χ1v) is 10.6. The van der Waals surface area contributed by atoms with Crippen molar-refractivity contribution in [3.05, 3.63) is 74.3 Å². The van der Waals surface area contributed by atoms with Gasteiger partial charge in [0.05, 0.1) is 21.8 Å². The minimum Gasteiger partial charge on any atom is -0.363 e. The molecule has 2 atom stereocenters. The van der Waals surface area contributed by atoms with Crippen LogP contribution in [0.15, 0.2) is 53.0 Å². The molecule has 2 unspecified atom stereocenters. The Labute approximate surface area is 193 Å². The molecule has 31 heavy (non-hydrogen) atoms. The van der Waals surface area contributed by atoms with Crippen molar-refractivity contribution in [1.29, 1.82) is 0 Å². The highest BCUT2D eigenvalue weighted by atomic mass is 79.9. The number of alkyl halides is 3. The van der Waals surface area contributed by atoms with Gasteiger partial charge >= 0.3 is 6.18 Å². The zero-order chi connectivity index (χ0) is 22.3. The molecule has 0 spiro atoms. The van der Waals surface area contributed by atoms with Crippen molar-refractivity contribution in [1.82, 2.24) is 9.78 Å². The third-order valence-corrected chi connectivity index (χ3v) is 6.24. The van der Waals surface area contributed by atoms with Gasteiger partial charge in [0.1, 0.15) is 5.82 Å². The molecule has 1 amide bonds. The highest BCUT2D eigenvalue weighted by molar-refractivity contribution is 9.10. The molecule has 2 heterocycles. The van der Waals surface area contributed by atoms with Gasteiger partial charge in [0, 0.05) is 17.0 Å². The van der Waals surface area contributed by atoms with Gasteiger partial charge in [-0.1, -0.05) is 57.3 Å². The Bertz CT molecular complexity index is 1130. The van der Waals surface area contributed by atoms with Crippen LogP contribution in [-0.2, 0) is 0 Å². The first kappa shape index (κ1) is 22.0. The average molecular weight is 534 g/mol. The molecule has 0 radical (unpaired) electrons. The fourth-order valence-electron chi connectivity index (χ4n) is 3.38. The Balaban J connectivity index is 1.65. The van der Waals surface area contributed by atoms with E-state index in [1.54, 1.807) is 36.4 Å². The maximum Gasteiger partial charge on any atom is 0.410 e. The van der Waals surface area contributed by atoms with Crippen LogP contribution in [0.3, 0.4) is 0 Å². The van der Waals surface area contributed by atoms with E-state index >= 15 is 0 Å². The second kappa shape index (κ2) is 8.37. The van der Waals surface area contributed by atoms with Crippen molar-refractivity contribution in [3.8, 4) is 0 Å². The van der Waals surface area contributed by atoms with Crippen LogP contribution in [0.2, 0.25) is 10.0 Å². The van der Waals surface area contributed by atoms with Crippen LogP contribution in [0.1, 0.15) is 34.6 Å². The molecule has 1 aliphatic heterocycles. The van der Waals surface area contributed by atoms with Gasteiger partial charge in [-0.2, -0.15) is 18.3 Å². The van der Waals surface area contributed by atoms with E-state index < -0.39 is 24.2 Å². The van der Waals surface area contributed by atoms with Crippen LogP contribution in [0.5, 0.6) is 0 Å². The van der Waals surface area contributed by atoms with E-state index in [2.05, 4.69) is 31.7 Å². The van der Waals surface area contributed by atoms with E-state index in [0.29, 0.717) is 5.56 Å². The smallest absolute Gasteiger partial charge is 0.363 e. The lowest BCUT2D eigenvalue weighted by atomic mass is 9.97. The fourth-order valence-corrected chi connectivity index (χ4v) is 4.00. The Kier molecular flexibility index (Phi) is 5.93. The molecule has 4 rings (SSSR count). The Morgan fingerprint density at radius 1 is 1.19 bits per heavy atom. The van der Waals surface area contributed by atoms with Gasteiger partial charge in [0.15, 0.2) is 11.7 Å². The number of hydrogen-bond donors (Lipinski definition) is 2. The number of halogens is 6. The third-order valence-electron chi connectivity index (χ3n) is 4.89. The van der Waals surface area contributed by atoms with Gasteiger partial charge < -0.3 is 10.6 Å². The fraction of sp³-hybridized carbons (Fsp3) is 0.200. The summed E-state index contributed by atoms with van der Waals surface area (Å²) in [6.45, 7) is 0. The lowest BCUT2D eigenvalue weighted by Crippen LogP contribution is -2.35. The van der Waals surface area contributed by atoms with E-state index in [1.165, 1.54) is 12.1 Å². The second-order valence-corrected chi connectivity index (χ2v) is 8.66. The summed E-state index contributed by atoms with van der Waals surface area (Å²) in [6.07, 6.45) is -4.80. The Morgan fingerprint density at radius 2 is 1.90 bits per heavy atom. The minimum atomic E-state index is -4.54. The number of carbonyl (C=O) groups excluding carboxylic acids is 1. The zero-order valence-corrected chi connectivity index (χ0v) is 18.6. The quantitative estimate of drug-likeness (QED) is 0.386. The Morgan fingerprint density at radius 3 is 2.58 bits per heavy atom. The van der Waals surface area contributed by atoms with Crippen LogP contribution in [-0.4, -0.2) is 21.9 Å². The van der Waals surface area contributed by atoms with E-state index in [9.17, 15) is 18.0 Å². The van der Waals surface area contributed by atoms with Crippen LogP contribution in [0.4, 0.5) is 24.7 Å². The largest absolute Gasteiger partial charge is 0.410 e. The number of nitrogens with zero attached hydrogens (tertiary/aromatic N) is 2. The molecule has 2 N–H and O–H groups in total. The van der Waals surface area contributed by atoms with Crippen molar-refractivity contribution < 1.29 is 18.0 Å². The van der Waals surface area contributed by atoms with Crippen molar-refractivity contribution >= 4 is 56.5 Å². The molecule has 11 heteroatoms. The molecule has 3 aromatic rings. The zero-order valence-electron chi connectivity index (χ0n) is 15.6. The molecule has 0 fully saturated rings. The summed E-state index contributed by atoms with van der Waals surface area (Å²) in [4.78, 5) is 12.6. The number of aromatic nitrogens is 2. The molecule has 5 nitrogen and oxygen atoms in total. The maximum atomic E-state index is 13.8. The van der Waals surface area contributed by atoms with E-state index in [0.717, 1.165) is 9.15 Å². The van der Waals surface area contributed by atoms with Crippen molar-refractivity contribution in [3.63, 3.8) is 0 Å². The topological polar surface area (TPSA) is 59.0 Å². The van der Waals surface area contributed by atoms with Gasteiger partial charge in [0.2, 0.25) is 0 Å². The number of benzene rings is 2. The van der Waals surface area contributed by atoms with E-state index in [-0.39, 0.29) is 33.7 Å². The summed E-state index contributed by atoms with van der Waals surface area (Å²) in [5, 5.41) is 9.88. The van der Waals surface area contributed by atoms with Gasteiger partial charge in [-0.3, -0.25) is 4.79 Å². The summed E-state index contributed by atoms with van der Waals surface area (Å²) >= 11 is 15.3. The molecule has 1 aliphatic rings. The molecule has 0 saturated carbocycles. The third kappa shape index (κ3) is 4.53. The summed E-state index contributed by atoms with van der Waals surface area (Å²) in [6, 6.07) is 10.5. The molecular formula is C20H14BrCl2F3N4O. The average Bonchev–Trinajstić information content (AvgIpc) is 3.14. The van der Waals surface area contributed by atoms with Crippen molar-refractivity contribution in [2.75, 3.05) is 10.6 Å². The van der Waals surface area contributed by atoms with Gasteiger partial charge in [-0.25, -0.2) is 4.68 Å². The molecule has 0 saturated heterocycles. The molecule has 0 aliphatic carbocycles. The first-order chi connectivity index (χ1) is 14.6. The maximum absolute atomic E-state index is 13.8. The molecular weight excluding hydrogens is 520 g/mol. The summed E-state index contributed by atoms with van der Waals surface area (Å²) in [5.74, 6) is -0.599. The lowest BCUT2D eigenvalue weighted by Gasteiger charge is -2.33. The van der Waals surface area contributed by atoms with Gasteiger partial charge in [-0.05, 0) is 29.8 Å². The molecule has 1 aromatic heterocycles.